The fraction of sp³-hybridized carbons (Fsp3) is 0.167. The molecule has 2 aromatic carbocycles. The predicted octanol–water partition coefficient (Wildman–Crippen LogP) is 5.17. The zero-order valence-corrected chi connectivity index (χ0v) is 16.6. The average Bonchev–Trinajstić information content (AvgIpc) is 3.09. The molecule has 0 radical (unpaired) electrons. The second-order valence-electron chi connectivity index (χ2n) is 5.33. The summed E-state index contributed by atoms with van der Waals surface area (Å²) < 4.78 is 11.0. The summed E-state index contributed by atoms with van der Waals surface area (Å²) in [6, 6.07) is 12.2. The Bertz CT molecular complexity index is 912. The Kier molecular flexibility index (Phi) is 6.60. The number of rotatable bonds is 7. The highest BCUT2D eigenvalue weighted by Gasteiger charge is 2.12. The number of nitrogens with zero attached hydrogens (tertiary/aromatic N) is 2. The van der Waals surface area contributed by atoms with E-state index in [2.05, 4.69) is 15.5 Å². The molecule has 27 heavy (non-hydrogen) atoms. The van der Waals surface area contributed by atoms with Crippen molar-refractivity contribution in [3.63, 3.8) is 0 Å². The van der Waals surface area contributed by atoms with Gasteiger partial charge in [-0.2, -0.15) is 0 Å². The molecule has 0 saturated heterocycles. The quantitative estimate of drug-likeness (QED) is 0.527. The SMILES string of the molecule is CCOc1ccc(-c2nnc(SCC(=O)Nc3cc(Cl)cc(Cl)c3)o2)cc1. The number of aromatic nitrogens is 2. The van der Waals surface area contributed by atoms with Crippen molar-refractivity contribution in [2.45, 2.75) is 12.1 Å². The second kappa shape index (κ2) is 9.12. The van der Waals surface area contributed by atoms with E-state index in [4.69, 9.17) is 32.4 Å². The van der Waals surface area contributed by atoms with E-state index in [0.29, 0.717) is 33.5 Å². The molecule has 0 fully saturated rings. The van der Waals surface area contributed by atoms with E-state index >= 15 is 0 Å². The number of hydrogen-bond acceptors (Lipinski definition) is 6. The second-order valence-corrected chi connectivity index (χ2v) is 7.12. The summed E-state index contributed by atoms with van der Waals surface area (Å²) >= 11 is 13.0. The third-order valence-electron chi connectivity index (χ3n) is 3.29. The topological polar surface area (TPSA) is 77.2 Å². The molecule has 0 atom stereocenters. The molecule has 140 valence electrons. The molecule has 0 aliphatic carbocycles. The number of amides is 1. The summed E-state index contributed by atoms with van der Waals surface area (Å²) in [4.78, 5) is 12.1. The van der Waals surface area contributed by atoms with Gasteiger partial charge in [0.25, 0.3) is 5.22 Å². The van der Waals surface area contributed by atoms with Crippen LogP contribution in [-0.4, -0.2) is 28.5 Å². The summed E-state index contributed by atoms with van der Waals surface area (Å²) in [5, 5.41) is 11.9. The van der Waals surface area contributed by atoms with E-state index in [1.54, 1.807) is 18.2 Å². The van der Waals surface area contributed by atoms with Crippen LogP contribution in [0, 0.1) is 0 Å². The maximum absolute atomic E-state index is 12.1. The van der Waals surface area contributed by atoms with Crippen LogP contribution in [0.2, 0.25) is 10.0 Å². The van der Waals surface area contributed by atoms with E-state index in [1.807, 2.05) is 31.2 Å². The monoisotopic (exact) mass is 423 g/mol. The molecule has 0 bridgehead atoms. The van der Waals surface area contributed by atoms with Crippen LogP contribution in [-0.2, 0) is 4.79 Å². The largest absolute Gasteiger partial charge is 0.494 e. The summed E-state index contributed by atoms with van der Waals surface area (Å²) in [5.74, 6) is 1.02. The zero-order chi connectivity index (χ0) is 19.2. The number of ether oxygens (including phenoxy) is 1. The van der Waals surface area contributed by atoms with Gasteiger partial charge in [0.1, 0.15) is 5.75 Å². The normalized spacial score (nSPS) is 10.6. The van der Waals surface area contributed by atoms with Crippen molar-refractivity contribution in [2.75, 3.05) is 17.7 Å². The third kappa shape index (κ3) is 5.63. The number of benzene rings is 2. The first-order valence-electron chi connectivity index (χ1n) is 7.99. The molecule has 1 amide bonds. The first-order chi connectivity index (χ1) is 13.0. The van der Waals surface area contributed by atoms with Crippen LogP contribution >= 0.6 is 35.0 Å². The van der Waals surface area contributed by atoms with E-state index in [-0.39, 0.29) is 11.7 Å². The summed E-state index contributed by atoms with van der Waals surface area (Å²) in [6.45, 7) is 2.52. The van der Waals surface area contributed by atoms with Crippen LogP contribution in [0.4, 0.5) is 5.69 Å². The Labute approximate surface area is 170 Å². The minimum atomic E-state index is -0.237. The van der Waals surface area contributed by atoms with Gasteiger partial charge in [-0.3, -0.25) is 4.79 Å². The van der Waals surface area contributed by atoms with Crippen molar-refractivity contribution in [1.82, 2.24) is 10.2 Å². The van der Waals surface area contributed by atoms with Crippen LogP contribution < -0.4 is 10.1 Å². The van der Waals surface area contributed by atoms with Crippen molar-refractivity contribution in [2.24, 2.45) is 0 Å². The molecule has 3 aromatic rings. The highest BCUT2D eigenvalue weighted by atomic mass is 35.5. The van der Waals surface area contributed by atoms with Gasteiger partial charge in [0.2, 0.25) is 11.8 Å². The fourth-order valence-electron chi connectivity index (χ4n) is 2.20. The van der Waals surface area contributed by atoms with Gasteiger partial charge in [-0.05, 0) is 49.4 Å². The molecular weight excluding hydrogens is 409 g/mol. The number of carbonyl (C=O) groups excluding carboxylic acids is 1. The van der Waals surface area contributed by atoms with Crippen molar-refractivity contribution >= 4 is 46.6 Å². The van der Waals surface area contributed by atoms with Gasteiger partial charge < -0.3 is 14.5 Å². The number of hydrogen-bond donors (Lipinski definition) is 1. The first-order valence-corrected chi connectivity index (χ1v) is 9.73. The van der Waals surface area contributed by atoms with E-state index < -0.39 is 0 Å². The van der Waals surface area contributed by atoms with Gasteiger partial charge in [0.05, 0.1) is 12.4 Å². The lowest BCUT2D eigenvalue weighted by atomic mass is 10.2. The lowest BCUT2D eigenvalue weighted by Crippen LogP contribution is -2.13. The van der Waals surface area contributed by atoms with Gasteiger partial charge in [-0.1, -0.05) is 35.0 Å². The number of anilines is 1. The minimum absolute atomic E-state index is 0.106. The van der Waals surface area contributed by atoms with Gasteiger partial charge in [-0.15, -0.1) is 10.2 Å². The van der Waals surface area contributed by atoms with Crippen molar-refractivity contribution < 1.29 is 13.9 Å². The minimum Gasteiger partial charge on any atom is -0.494 e. The lowest BCUT2D eigenvalue weighted by molar-refractivity contribution is -0.113. The van der Waals surface area contributed by atoms with Crippen LogP contribution in [0.15, 0.2) is 52.1 Å². The molecule has 0 spiro atoms. The van der Waals surface area contributed by atoms with Crippen molar-refractivity contribution in [1.29, 1.82) is 0 Å². The molecule has 0 saturated carbocycles. The van der Waals surface area contributed by atoms with Crippen molar-refractivity contribution in [3.05, 3.63) is 52.5 Å². The number of halogens is 2. The van der Waals surface area contributed by atoms with E-state index in [9.17, 15) is 4.79 Å². The standard InChI is InChI=1S/C18H15Cl2N3O3S/c1-2-25-15-5-3-11(4-6-15)17-22-23-18(26-17)27-10-16(24)21-14-8-12(19)7-13(20)9-14/h3-9H,2,10H2,1H3,(H,21,24). The van der Waals surface area contributed by atoms with Crippen LogP contribution in [0.25, 0.3) is 11.5 Å². The Morgan fingerprint density at radius 2 is 1.85 bits per heavy atom. The van der Waals surface area contributed by atoms with Crippen LogP contribution in [0.5, 0.6) is 5.75 Å². The van der Waals surface area contributed by atoms with Gasteiger partial charge in [0, 0.05) is 21.3 Å². The Morgan fingerprint density at radius 1 is 1.15 bits per heavy atom. The van der Waals surface area contributed by atoms with Crippen molar-refractivity contribution in [3.8, 4) is 17.2 Å². The molecule has 1 heterocycles. The lowest BCUT2D eigenvalue weighted by Gasteiger charge is -2.05. The third-order valence-corrected chi connectivity index (χ3v) is 4.55. The van der Waals surface area contributed by atoms with E-state index in [0.717, 1.165) is 23.1 Å². The predicted molar refractivity (Wildman–Crippen MR) is 107 cm³/mol. The molecule has 1 N–H and O–H groups in total. The highest BCUT2D eigenvalue weighted by Crippen LogP contribution is 2.26. The van der Waals surface area contributed by atoms with E-state index in [1.165, 1.54) is 0 Å². The van der Waals surface area contributed by atoms with Gasteiger partial charge >= 0.3 is 0 Å². The maximum atomic E-state index is 12.1. The van der Waals surface area contributed by atoms with Crippen LogP contribution in [0.3, 0.4) is 0 Å². The fourth-order valence-corrected chi connectivity index (χ4v) is 3.28. The highest BCUT2D eigenvalue weighted by molar-refractivity contribution is 7.99. The number of thioether (sulfide) groups is 1. The Morgan fingerprint density at radius 3 is 2.52 bits per heavy atom. The Balaban J connectivity index is 1.56. The zero-order valence-electron chi connectivity index (χ0n) is 14.2. The molecule has 6 nitrogen and oxygen atoms in total. The van der Waals surface area contributed by atoms with Gasteiger partial charge in [0.15, 0.2) is 0 Å². The first kappa shape index (κ1) is 19.5. The molecule has 9 heteroatoms. The summed E-state index contributed by atoms with van der Waals surface area (Å²) in [6.07, 6.45) is 0. The average molecular weight is 424 g/mol. The summed E-state index contributed by atoms with van der Waals surface area (Å²) in [5.41, 5.74) is 1.30. The number of nitrogens with one attached hydrogen (secondary N) is 1. The number of carbonyl (C=O) groups is 1. The molecule has 3 rings (SSSR count). The Hall–Kier alpha value is -2.22. The molecule has 0 unspecified atom stereocenters. The molecule has 1 aromatic heterocycles. The van der Waals surface area contributed by atoms with Crippen LogP contribution in [0.1, 0.15) is 6.92 Å². The van der Waals surface area contributed by atoms with Gasteiger partial charge in [-0.25, -0.2) is 0 Å². The summed E-state index contributed by atoms with van der Waals surface area (Å²) in [7, 11) is 0. The molecule has 0 aliphatic heterocycles. The maximum Gasteiger partial charge on any atom is 0.277 e. The molecular formula is C18H15Cl2N3O3S. The smallest absolute Gasteiger partial charge is 0.277 e. The molecule has 0 aliphatic rings.